The minimum Gasteiger partial charge on any atom is -0.376 e. The highest BCUT2D eigenvalue weighted by atomic mass is 32.2. The molecule has 0 N–H and O–H groups in total. The average Bonchev–Trinajstić information content (AvgIpc) is 2.97. The summed E-state index contributed by atoms with van der Waals surface area (Å²) in [4.78, 5) is 0. The van der Waals surface area contributed by atoms with Crippen molar-refractivity contribution in [3.63, 3.8) is 0 Å². The molecule has 0 aliphatic carbocycles. The van der Waals surface area contributed by atoms with Crippen LogP contribution in [0.1, 0.15) is 6.85 Å². The van der Waals surface area contributed by atoms with Crippen molar-refractivity contribution >= 4 is 42.4 Å². The summed E-state index contributed by atoms with van der Waals surface area (Å²) in [6, 6.07) is 20.9. The monoisotopic (exact) mass is 533 g/mol. The topological polar surface area (TPSA) is 43.4 Å². The fourth-order valence-corrected chi connectivity index (χ4v) is 5.22. The smallest absolute Gasteiger partial charge is 0.376 e. The number of hydrogen-bond donors (Lipinski definition) is 0. The van der Waals surface area contributed by atoms with Crippen LogP contribution in [0.4, 0.5) is 13.2 Å². The van der Waals surface area contributed by atoms with Crippen LogP contribution in [-0.2, 0) is 10.1 Å². The van der Waals surface area contributed by atoms with E-state index in [1.54, 1.807) is 72.8 Å². The summed E-state index contributed by atoms with van der Waals surface area (Å²) in [6.45, 7) is 0. The summed E-state index contributed by atoms with van der Waals surface area (Å²) in [5, 5.41) is 3.19. The molecule has 0 saturated heterocycles. The van der Waals surface area contributed by atoms with Gasteiger partial charge in [-0.15, -0.1) is 0 Å². The molecule has 0 radical (unpaired) electrons. The molecule has 0 heterocycles. The molecule has 6 aromatic carbocycles. The van der Waals surface area contributed by atoms with Crippen molar-refractivity contribution < 1.29 is 32.6 Å². The lowest BCUT2D eigenvalue weighted by atomic mass is 9.84. The number of hydrogen-bond acceptors (Lipinski definition) is 3. The fraction of sp³-hybridized carbons (Fsp3) is 0.0323. The summed E-state index contributed by atoms with van der Waals surface area (Å²) in [7, 11) is -5.96. The van der Waals surface area contributed by atoms with E-state index >= 15 is 0 Å². The second-order valence-corrected chi connectivity index (χ2v) is 10.1. The third kappa shape index (κ3) is 3.96. The van der Waals surface area contributed by atoms with Gasteiger partial charge in [0.25, 0.3) is 0 Å². The Morgan fingerprint density at radius 2 is 1.16 bits per heavy atom. The SMILES string of the molecule is [2H]c1c([2H])c([2H])c(-c2c3ccccc3c(-c3cc(OS(=O)(=O)C(F)(F)F)cc4ccccc34)c3ccccc23)c([2H])c1[2H]. The van der Waals surface area contributed by atoms with Crippen molar-refractivity contribution in [3.05, 3.63) is 115 Å². The third-order valence-electron chi connectivity index (χ3n) is 6.28. The summed E-state index contributed by atoms with van der Waals surface area (Å²) in [6.07, 6.45) is 0. The average molecular weight is 534 g/mol. The Kier molecular flexibility index (Phi) is 4.40. The highest BCUT2D eigenvalue weighted by Crippen LogP contribution is 2.46. The molecule has 0 saturated carbocycles. The van der Waals surface area contributed by atoms with E-state index in [1.165, 1.54) is 12.1 Å². The van der Waals surface area contributed by atoms with Crippen molar-refractivity contribution in [2.75, 3.05) is 0 Å². The number of halogens is 3. The Bertz CT molecular complexity index is 2150. The molecule has 0 spiro atoms. The van der Waals surface area contributed by atoms with Crippen LogP contribution >= 0.6 is 0 Å². The molecule has 0 aliphatic rings. The molecule has 188 valence electrons. The highest BCUT2D eigenvalue weighted by Gasteiger charge is 2.48. The van der Waals surface area contributed by atoms with Gasteiger partial charge in [-0.25, -0.2) is 0 Å². The van der Waals surface area contributed by atoms with Crippen molar-refractivity contribution in [3.8, 4) is 28.0 Å². The van der Waals surface area contributed by atoms with Crippen LogP contribution in [0.25, 0.3) is 54.6 Å². The van der Waals surface area contributed by atoms with Crippen LogP contribution in [0.3, 0.4) is 0 Å². The Morgan fingerprint density at radius 3 is 1.71 bits per heavy atom. The second-order valence-electron chi connectivity index (χ2n) is 8.52. The van der Waals surface area contributed by atoms with Gasteiger partial charge in [0, 0.05) is 0 Å². The van der Waals surface area contributed by atoms with E-state index in [0.717, 1.165) is 0 Å². The molecular weight excluding hydrogens is 509 g/mol. The first-order valence-electron chi connectivity index (χ1n) is 13.9. The van der Waals surface area contributed by atoms with Crippen LogP contribution in [0.2, 0.25) is 0 Å². The first kappa shape index (κ1) is 18.8. The van der Waals surface area contributed by atoms with E-state index in [9.17, 15) is 21.6 Å². The van der Waals surface area contributed by atoms with Crippen LogP contribution in [-0.4, -0.2) is 13.9 Å². The number of alkyl halides is 3. The van der Waals surface area contributed by atoms with Crippen LogP contribution in [0, 0.1) is 0 Å². The van der Waals surface area contributed by atoms with Crippen molar-refractivity contribution in [2.45, 2.75) is 5.51 Å². The third-order valence-corrected chi connectivity index (χ3v) is 7.25. The largest absolute Gasteiger partial charge is 0.534 e. The quantitative estimate of drug-likeness (QED) is 0.129. The Balaban J connectivity index is 1.78. The predicted molar refractivity (Wildman–Crippen MR) is 145 cm³/mol. The van der Waals surface area contributed by atoms with Crippen molar-refractivity contribution in [1.82, 2.24) is 0 Å². The maximum absolute atomic E-state index is 13.2. The Morgan fingerprint density at radius 1 is 0.658 bits per heavy atom. The molecule has 0 unspecified atom stereocenters. The number of benzene rings is 6. The van der Waals surface area contributed by atoms with Crippen LogP contribution in [0.5, 0.6) is 5.75 Å². The first-order chi connectivity index (χ1) is 20.3. The Labute approximate surface area is 223 Å². The molecule has 38 heavy (non-hydrogen) atoms. The minimum atomic E-state index is -5.96. The zero-order valence-electron chi connectivity index (χ0n) is 24.3. The van der Waals surface area contributed by atoms with Gasteiger partial charge in [0.1, 0.15) is 5.75 Å². The van der Waals surface area contributed by atoms with E-state index in [-0.39, 0.29) is 17.6 Å². The first-order valence-corrected chi connectivity index (χ1v) is 12.8. The molecule has 6 aromatic rings. The molecule has 3 nitrogen and oxygen atoms in total. The van der Waals surface area contributed by atoms with Gasteiger partial charge in [-0.1, -0.05) is 103 Å². The van der Waals surface area contributed by atoms with E-state index < -0.39 is 39.5 Å². The molecule has 0 aliphatic heterocycles. The highest BCUT2D eigenvalue weighted by molar-refractivity contribution is 7.88. The van der Waals surface area contributed by atoms with Gasteiger partial charge in [-0.2, -0.15) is 21.6 Å². The van der Waals surface area contributed by atoms with Gasteiger partial charge >= 0.3 is 15.6 Å². The summed E-state index contributed by atoms with van der Waals surface area (Å²) in [5.41, 5.74) is -4.32. The molecule has 0 aromatic heterocycles. The predicted octanol–water partition coefficient (Wildman–Crippen LogP) is 8.71. The van der Waals surface area contributed by atoms with Crippen LogP contribution < -0.4 is 4.18 Å². The van der Waals surface area contributed by atoms with E-state index in [2.05, 4.69) is 4.18 Å². The lowest BCUT2D eigenvalue weighted by Gasteiger charge is -2.19. The maximum atomic E-state index is 13.2. The normalized spacial score (nSPS) is 14.1. The second kappa shape index (κ2) is 8.89. The Hall–Kier alpha value is -4.36. The molecule has 0 atom stereocenters. The summed E-state index contributed by atoms with van der Waals surface area (Å²) < 4.78 is 110. The zero-order chi connectivity index (χ0) is 30.8. The molecule has 6 rings (SSSR count). The van der Waals surface area contributed by atoms with Gasteiger partial charge in [-0.05, 0) is 66.7 Å². The molecular formula is C31H19F3O3S. The summed E-state index contributed by atoms with van der Waals surface area (Å²) >= 11 is 0. The maximum Gasteiger partial charge on any atom is 0.534 e. The van der Waals surface area contributed by atoms with Gasteiger partial charge in [0.15, 0.2) is 0 Å². The fourth-order valence-electron chi connectivity index (χ4n) is 4.77. The van der Waals surface area contributed by atoms with Gasteiger partial charge in [0.05, 0.1) is 6.85 Å². The lowest BCUT2D eigenvalue weighted by Crippen LogP contribution is -2.28. The molecule has 0 bridgehead atoms. The lowest BCUT2D eigenvalue weighted by molar-refractivity contribution is -0.0500. The van der Waals surface area contributed by atoms with Gasteiger partial charge in [0.2, 0.25) is 0 Å². The zero-order valence-corrected chi connectivity index (χ0v) is 20.2. The summed E-state index contributed by atoms with van der Waals surface area (Å²) in [5.74, 6) is -0.533. The molecule has 0 fully saturated rings. The van der Waals surface area contributed by atoms with Crippen molar-refractivity contribution in [2.24, 2.45) is 0 Å². The van der Waals surface area contributed by atoms with E-state index in [1.807, 2.05) is 0 Å². The van der Waals surface area contributed by atoms with E-state index in [0.29, 0.717) is 49.0 Å². The van der Waals surface area contributed by atoms with Crippen LogP contribution in [0.15, 0.2) is 115 Å². The van der Waals surface area contributed by atoms with Crippen molar-refractivity contribution in [1.29, 1.82) is 0 Å². The van der Waals surface area contributed by atoms with E-state index in [4.69, 9.17) is 6.85 Å². The standard InChI is InChI=1S/C31H19F3O3S/c32-31(33,34)38(35,36)37-22-18-21-12-4-5-13-23(21)28(19-22)30-26-16-8-6-14-24(26)29(20-10-2-1-3-11-20)25-15-7-9-17-27(25)30/h1-19H/i1D,2D,3D,10D,11D. The number of rotatable bonds is 4. The van der Waals surface area contributed by atoms with Gasteiger partial charge < -0.3 is 4.18 Å². The number of fused-ring (bicyclic) bond motifs is 3. The molecule has 0 amide bonds. The van der Waals surface area contributed by atoms with Gasteiger partial charge in [-0.3, -0.25) is 0 Å². The molecule has 7 heteroatoms. The minimum absolute atomic E-state index is 0.00293.